The number of hydrogen-bond acceptors (Lipinski definition) is 7. The molecule has 204 valence electrons. The topological polar surface area (TPSA) is 104 Å². The first-order chi connectivity index (χ1) is 18.6. The minimum atomic E-state index is -0.549. The lowest BCUT2D eigenvalue weighted by atomic mass is 9.96. The van der Waals surface area contributed by atoms with Gasteiger partial charge in [0.15, 0.2) is 0 Å². The van der Waals surface area contributed by atoms with Crippen molar-refractivity contribution in [2.45, 2.75) is 53.1 Å². The number of benzene rings is 1. The van der Waals surface area contributed by atoms with Crippen molar-refractivity contribution in [1.29, 1.82) is 5.26 Å². The molecule has 2 N–H and O–H groups in total. The number of hydrogen-bond donors (Lipinski definition) is 2. The quantitative estimate of drug-likeness (QED) is 0.112. The van der Waals surface area contributed by atoms with Crippen LogP contribution in [0.25, 0.3) is 10.9 Å². The van der Waals surface area contributed by atoms with Crippen molar-refractivity contribution in [3.8, 4) is 6.07 Å². The SMILES string of the molecule is Cc1nc(F)ccc1[C@H](Nc1cc(Cl)c2ncc(C#N)c(NCC(C)(C)C)c2c1)c1cn(CCCCBr)nn1. The van der Waals surface area contributed by atoms with E-state index in [9.17, 15) is 9.65 Å². The molecule has 0 radical (unpaired) electrons. The van der Waals surface area contributed by atoms with E-state index < -0.39 is 12.0 Å². The second kappa shape index (κ2) is 12.3. The molecule has 0 amide bonds. The van der Waals surface area contributed by atoms with Crippen molar-refractivity contribution in [2.24, 2.45) is 5.41 Å². The third kappa shape index (κ3) is 7.02. The summed E-state index contributed by atoms with van der Waals surface area (Å²) >= 11 is 10.2. The van der Waals surface area contributed by atoms with Crippen molar-refractivity contribution < 1.29 is 4.39 Å². The first-order valence-electron chi connectivity index (χ1n) is 12.7. The number of aryl methyl sites for hydroxylation is 2. The van der Waals surface area contributed by atoms with Crippen molar-refractivity contribution >= 4 is 49.8 Å². The van der Waals surface area contributed by atoms with E-state index in [0.717, 1.165) is 35.7 Å². The Kier molecular flexibility index (Phi) is 9.03. The molecule has 0 aliphatic rings. The molecule has 0 aliphatic heterocycles. The number of anilines is 2. The zero-order chi connectivity index (χ0) is 28.2. The second-order valence-corrected chi connectivity index (χ2v) is 11.8. The largest absolute Gasteiger partial charge is 0.383 e. The van der Waals surface area contributed by atoms with Crippen LogP contribution in [0.1, 0.15) is 62.2 Å². The van der Waals surface area contributed by atoms with Gasteiger partial charge in [0, 0.05) is 46.9 Å². The monoisotopic (exact) mass is 612 g/mol. The first kappa shape index (κ1) is 28.7. The van der Waals surface area contributed by atoms with Crippen molar-refractivity contribution in [2.75, 3.05) is 22.5 Å². The standard InChI is InChI=1S/C28H31BrClFN8/c1-17-20(7-8-24(31)35-17)27(23-15-39(38-37-23)10-6-5-9-29)36-19-11-21-25(34-16-28(2,3)4)18(13-32)14-33-26(21)22(30)12-19/h7-8,11-12,14-15,27,36H,5-6,9-10,16H2,1-4H3,(H,33,34)/t27-/m0/s1. The molecule has 4 aromatic rings. The molecule has 0 saturated carbocycles. The minimum Gasteiger partial charge on any atom is -0.383 e. The van der Waals surface area contributed by atoms with Gasteiger partial charge in [0.1, 0.15) is 11.8 Å². The summed E-state index contributed by atoms with van der Waals surface area (Å²) in [5.74, 6) is -0.549. The van der Waals surface area contributed by atoms with Gasteiger partial charge in [-0.05, 0) is 43.4 Å². The van der Waals surface area contributed by atoms with Crippen molar-refractivity contribution in [3.05, 3.63) is 70.1 Å². The number of halogens is 3. The van der Waals surface area contributed by atoms with Gasteiger partial charge in [-0.1, -0.05) is 59.6 Å². The summed E-state index contributed by atoms with van der Waals surface area (Å²) in [4.78, 5) is 8.48. The highest BCUT2D eigenvalue weighted by atomic mass is 79.9. The van der Waals surface area contributed by atoms with E-state index in [-0.39, 0.29) is 5.41 Å². The Morgan fingerprint density at radius 2 is 2.03 bits per heavy atom. The summed E-state index contributed by atoms with van der Waals surface area (Å²) in [7, 11) is 0. The Labute approximate surface area is 241 Å². The summed E-state index contributed by atoms with van der Waals surface area (Å²) in [6.45, 7) is 9.50. The first-order valence-corrected chi connectivity index (χ1v) is 14.2. The zero-order valence-corrected chi connectivity index (χ0v) is 24.7. The van der Waals surface area contributed by atoms with E-state index in [1.807, 2.05) is 16.9 Å². The molecule has 1 aromatic carbocycles. The van der Waals surface area contributed by atoms with Crippen LogP contribution in [0.4, 0.5) is 15.8 Å². The van der Waals surface area contributed by atoms with Crippen LogP contribution in [-0.2, 0) is 6.54 Å². The van der Waals surface area contributed by atoms with Crippen LogP contribution in [0.2, 0.25) is 5.02 Å². The lowest BCUT2D eigenvalue weighted by molar-refractivity contribution is 0.443. The molecule has 8 nitrogen and oxygen atoms in total. The number of nitrogens with zero attached hydrogens (tertiary/aromatic N) is 6. The van der Waals surface area contributed by atoms with Gasteiger partial charge < -0.3 is 10.6 Å². The number of alkyl halides is 1. The fraction of sp³-hybridized carbons (Fsp3) is 0.393. The van der Waals surface area contributed by atoms with Crippen LogP contribution < -0.4 is 10.6 Å². The summed E-state index contributed by atoms with van der Waals surface area (Å²) < 4.78 is 15.7. The Balaban J connectivity index is 1.78. The summed E-state index contributed by atoms with van der Waals surface area (Å²) in [6, 6.07) is 8.50. The van der Waals surface area contributed by atoms with Gasteiger partial charge in [0.05, 0.1) is 34.0 Å². The fourth-order valence-corrected chi connectivity index (χ4v) is 4.88. The number of pyridine rings is 2. The third-order valence-electron chi connectivity index (χ3n) is 6.18. The van der Waals surface area contributed by atoms with Crippen LogP contribution in [0, 0.1) is 29.6 Å². The van der Waals surface area contributed by atoms with Gasteiger partial charge in [0.2, 0.25) is 5.95 Å². The predicted molar refractivity (Wildman–Crippen MR) is 157 cm³/mol. The molecule has 0 unspecified atom stereocenters. The average Bonchev–Trinajstić information content (AvgIpc) is 3.34. The normalized spacial score (nSPS) is 12.4. The van der Waals surface area contributed by atoms with Crippen LogP contribution in [-0.4, -0.2) is 36.8 Å². The minimum absolute atomic E-state index is 0.0134. The zero-order valence-electron chi connectivity index (χ0n) is 22.4. The Morgan fingerprint density at radius 3 is 2.72 bits per heavy atom. The molecule has 0 fully saturated rings. The van der Waals surface area contributed by atoms with Crippen LogP contribution in [0.5, 0.6) is 0 Å². The molecular formula is C28H31BrClFN8. The van der Waals surface area contributed by atoms with Gasteiger partial charge in [-0.15, -0.1) is 5.10 Å². The molecular weight excluding hydrogens is 583 g/mol. The highest BCUT2D eigenvalue weighted by molar-refractivity contribution is 9.09. The third-order valence-corrected chi connectivity index (χ3v) is 7.03. The number of nitrogens with one attached hydrogen (secondary N) is 2. The van der Waals surface area contributed by atoms with E-state index in [1.165, 1.54) is 12.3 Å². The summed E-state index contributed by atoms with van der Waals surface area (Å²) in [5.41, 5.74) is 4.33. The molecule has 3 heterocycles. The van der Waals surface area contributed by atoms with Crippen LogP contribution >= 0.6 is 27.5 Å². The maximum atomic E-state index is 13.9. The number of nitriles is 1. The smallest absolute Gasteiger partial charge is 0.213 e. The van der Waals surface area contributed by atoms with E-state index in [4.69, 9.17) is 11.6 Å². The van der Waals surface area contributed by atoms with Crippen molar-refractivity contribution in [1.82, 2.24) is 25.0 Å². The van der Waals surface area contributed by atoms with Gasteiger partial charge in [-0.3, -0.25) is 9.67 Å². The average molecular weight is 614 g/mol. The maximum absolute atomic E-state index is 13.9. The maximum Gasteiger partial charge on any atom is 0.213 e. The number of rotatable bonds is 10. The fourth-order valence-electron chi connectivity index (χ4n) is 4.22. The number of unbranched alkanes of at least 4 members (excludes halogenated alkanes) is 1. The number of fused-ring (bicyclic) bond motifs is 1. The molecule has 11 heteroatoms. The lowest BCUT2D eigenvalue weighted by Crippen LogP contribution is -2.20. The molecule has 0 spiro atoms. The van der Waals surface area contributed by atoms with E-state index in [2.05, 4.69) is 73.7 Å². The lowest BCUT2D eigenvalue weighted by Gasteiger charge is -2.23. The summed E-state index contributed by atoms with van der Waals surface area (Å²) in [6.07, 6.45) is 5.42. The number of aromatic nitrogens is 5. The van der Waals surface area contributed by atoms with Crippen LogP contribution in [0.15, 0.2) is 36.7 Å². The Bertz CT molecular complexity index is 1510. The molecule has 0 aliphatic carbocycles. The summed E-state index contributed by atoms with van der Waals surface area (Å²) in [5, 5.41) is 27.6. The van der Waals surface area contributed by atoms with Gasteiger partial charge in [-0.2, -0.15) is 9.65 Å². The molecule has 1 atom stereocenters. The highest BCUT2D eigenvalue weighted by Gasteiger charge is 2.23. The molecule has 39 heavy (non-hydrogen) atoms. The molecule has 3 aromatic heterocycles. The van der Waals surface area contributed by atoms with E-state index in [1.54, 1.807) is 19.1 Å². The molecule has 0 saturated heterocycles. The molecule has 0 bridgehead atoms. The second-order valence-electron chi connectivity index (χ2n) is 10.6. The highest BCUT2D eigenvalue weighted by Crippen LogP contribution is 2.36. The Morgan fingerprint density at radius 1 is 1.23 bits per heavy atom. The van der Waals surface area contributed by atoms with Crippen LogP contribution in [0.3, 0.4) is 0 Å². The Hall–Kier alpha value is -3.29. The van der Waals surface area contributed by atoms with Gasteiger partial charge >= 0.3 is 0 Å². The van der Waals surface area contributed by atoms with E-state index in [0.29, 0.717) is 45.4 Å². The van der Waals surface area contributed by atoms with Gasteiger partial charge in [-0.25, -0.2) is 4.98 Å². The van der Waals surface area contributed by atoms with E-state index >= 15 is 0 Å². The van der Waals surface area contributed by atoms with Crippen molar-refractivity contribution in [3.63, 3.8) is 0 Å². The molecule has 4 rings (SSSR count). The predicted octanol–water partition coefficient (Wildman–Crippen LogP) is 7.03. The van der Waals surface area contributed by atoms with Gasteiger partial charge in [0.25, 0.3) is 0 Å².